The van der Waals surface area contributed by atoms with E-state index in [4.69, 9.17) is 0 Å². The minimum atomic E-state index is 0.0933. The second kappa shape index (κ2) is 9.48. The lowest BCUT2D eigenvalue weighted by Crippen LogP contribution is -2.53. The summed E-state index contributed by atoms with van der Waals surface area (Å²) in [6.45, 7) is 6.22. The van der Waals surface area contributed by atoms with Crippen LogP contribution in [0.25, 0.3) is 0 Å². The van der Waals surface area contributed by atoms with E-state index in [1.807, 2.05) is 34.4 Å². The molecule has 0 aromatic carbocycles. The fourth-order valence-corrected chi connectivity index (χ4v) is 4.48. The Morgan fingerprint density at radius 3 is 2.42 bits per heavy atom. The van der Waals surface area contributed by atoms with Gasteiger partial charge in [-0.05, 0) is 63.3 Å². The standard InChI is InChI=1S/C19H30N4O2S/c1-20-7-4-16-5-8-21(9-6-16)15-18(24)22-10-12-23(13-11-22)19(25)17-3-2-14-26-17/h2-3,14,16,20H,4-13,15H2,1H3. The molecule has 1 N–H and O–H groups in total. The van der Waals surface area contributed by atoms with E-state index in [0.717, 1.165) is 30.4 Å². The zero-order valence-corrected chi connectivity index (χ0v) is 16.5. The van der Waals surface area contributed by atoms with Gasteiger partial charge in [0, 0.05) is 26.2 Å². The Morgan fingerprint density at radius 1 is 1.12 bits per heavy atom. The molecule has 2 aliphatic rings. The molecule has 3 heterocycles. The summed E-state index contributed by atoms with van der Waals surface area (Å²) >= 11 is 1.48. The predicted octanol–water partition coefficient (Wildman–Crippen LogP) is 1.35. The van der Waals surface area contributed by atoms with Crippen molar-refractivity contribution < 1.29 is 9.59 Å². The third-order valence-electron chi connectivity index (χ3n) is 5.52. The lowest BCUT2D eigenvalue weighted by atomic mass is 9.93. The van der Waals surface area contributed by atoms with Gasteiger partial charge in [0.1, 0.15) is 0 Å². The van der Waals surface area contributed by atoms with Gasteiger partial charge in [0.2, 0.25) is 5.91 Å². The Balaban J connectivity index is 1.38. The predicted molar refractivity (Wildman–Crippen MR) is 105 cm³/mol. The number of nitrogens with one attached hydrogen (secondary N) is 1. The number of carbonyl (C=O) groups is 2. The van der Waals surface area contributed by atoms with Gasteiger partial charge in [-0.3, -0.25) is 14.5 Å². The Bertz CT molecular complexity index is 576. The first-order chi connectivity index (χ1) is 12.7. The molecule has 0 radical (unpaired) electrons. The highest BCUT2D eigenvalue weighted by Gasteiger charge is 2.27. The fourth-order valence-electron chi connectivity index (χ4n) is 3.79. The monoisotopic (exact) mass is 378 g/mol. The van der Waals surface area contributed by atoms with Crippen LogP contribution < -0.4 is 5.32 Å². The van der Waals surface area contributed by atoms with Gasteiger partial charge in [0.25, 0.3) is 5.91 Å². The van der Waals surface area contributed by atoms with Crippen molar-refractivity contribution in [1.29, 1.82) is 0 Å². The molecule has 1 aromatic rings. The molecule has 0 spiro atoms. The number of nitrogens with zero attached hydrogens (tertiary/aromatic N) is 3. The topological polar surface area (TPSA) is 55.9 Å². The van der Waals surface area contributed by atoms with Crippen LogP contribution in [0.4, 0.5) is 0 Å². The van der Waals surface area contributed by atoms with Crippen LogP contribution in [-0.2, 0) is 4.79 Å². The number of amides is 2. The number of rotatable bonds is 6. The van der Waals surface area contributed by atoms with Crippen molar-refractivity contribution in [3.05, 3.63) is 22.4 Å². The molecule has 144 valence electrons. The lowest BCUT2D eigenvalue weighted by molar-refractivity contribution is -0.134. The second-order valence-corrected chi connectivity index (χ2v) is 8.21. The highest BCUT2D eigenvalue weighted by molar-refractivity contribution is 7.12. The minimum absolute atomic E-state index is 0.0933. The number of carbonyl (C=O) groups excluding carboxylic acids is 2. The van der Waals surface area contributed by atoms with Gasteiger partial charge < -0.3 is 15.1 Å². The van der Waals surface area contributed by atoms with Crippen molar-refractivity contribution in [2.45, 2.75) is 19.3 Å². The summed E-state index contributed by atoms with van der Waals surface area (Å²) in [5, 5.41) is 5.15. The SMILES string of the molecule is CNCCC1CCN(CC(=O)N2CCN(C(=O)c3cccs3)CC2)CC1. The van der Waals surface area contributed by atoms with Crippen molar-refractivity contribution in [2.75, 3.05) is 59.4 Å². The molecule has 0 bridgehead atoms. The third kappa shape index (κ3) is 5.05. The summed E-state index contributed by atoms with van der Waals surface area (Å²) in [7, 11) is 2.00. The van der Waals surface area contributed by atoms with Gasteiger partial charge in [-0.25, -0.2) is 0 Å². The molecule has 2 aliphatic heterocycles. The van der Waals surface area contributed by atoms with Crippen molar-refractivity contribution in [1.82, 2.24) is 20.0 Å². The molecule has 2 amide bonds. The number of thiophene rings is 1. The first-order valence-corrected chi connectivity index (χ1v) is 10.5. The van der Waals surface area contributed by atoms with E-state index in [9.17, 15) is 9.59 Å². The van der Waals surface area contributed by atoms with Crippen molar-refractivity contribution in [2.24, 2.45) is 5.92 Å². The first kappa shape index (κ1) is 19.3. The molecule has 7 heteroatoms. The Hall–Kier alpha value is -1.44. The average molecular weight is 379 g/mol. The van der Waals surface area contributed by atoms with Gasteiger partial charge in [-0.2, -0.15) is 0 Å². The summed E-state index contributed by atoms with van der Waals surface area (Å²) in [6, 6.07) is 3.77. The third-order valence-corrected chi connectivity index (χ3v) is 6.38. The summed E-state index contributed by atoms with van der Waals surface area (Å²) in [5.74, 6) is 1.10. The fraction of sp³-hybridized carbons (Fsp3) is 0.684. The zero-order chi connectivity index (χ0) is 18.4. The van der Waals surface area contributed by atoms with Gasteiger partial charge in [-0.15, -0.1) is 11.3 Å². The molecular weight excluding hydrogens is 348 g/mol. The Morgan fingerprint density at radius 2 is 1.81 bits per heavy atom. The number of hydrogen-bond acceptors (Lipinski definition) is 5. The van der Waals surface area contributed by atoms with Gasteiger partial charge in [0.05, 0.1) is 11.4 Å². The summed E-state index contributed by atoms with van der Waals surface area (Å²) in [6.07, 6.45) is 3.62. The van der Waals surface area contributed by atoms with E-state index >= 15 is 0 Å². The highest BCUT2D eigenvalue weighted by atomic mass is 32.1. The van der Waals surface area contributed by atoms with Crippen LogP contribution in [-0.4, -0.2) is 85.9 Å². The zero-order valence-electron chi connectivity index (χ0n) is 15.7. The molecule has 0 unspecified atom stereocenters. The average Bonchev–Trinajstić information content (AvgIpc) is 3.22. The molecule has 3 rings (SSSR count). The van der Waals surface area contributed by atoms with Crippen LogP contribution in [0, 0.1) is 5.92 Å². The van der Waals surface area contributed by atoms with Crippen LogP contribution >= 0.6 is 11.3 Å². The van der Waals surface area contributed by atoms with E-state index in [-0.39, 0.29) is 11.8 Å². The number of hydrogen-bond donors (Lipinski definition) is 1. The quantitative estimate of drug-likeness (QED) is 0.812. The Labute approximate surface area is 160 Å². The van der Waals surface area contributed by atoms with Gasteiger partial charge in [-0.1, -0.05) is 6.07 Å². The minimum Gasteiger partial charge on any atom is -0.338 e. The van der Waals surface area contributed by atoms with Crippen LogP contribution in [0.5, 0.6) is 0 Å². The van der Waals surface area contributed by atoms with Crippen LogP contribution in [0.2, 0.25) is 0 Å². The molecule has 1 aromatic heterocycles. The van der Waals surface area contributed by atoms with Crippen LogP contribution in [0.1, 0.15) is 28.9 Å². The molecule has 2 fully saturated rings. The lowest BCUT2D eigenvalue weighted by Gasteiger charge is -2.37. The van der Waals surface area contributed by atoms with E-state index < -0.39 is 0 Å². The molecule has 0 atom stereocenters. The van der Waals surface area contributed by atoms with Crippen molar-refractivity contribution >= 4 is 23.2 Å². The molecule has 2 saturated heterocycles. The summed E-state index contributed by atoms with van der Waals surface area (Å²) < 4.78 is 0. The van der Waals surface area contributed by atoms with Crippen LogP contribution in [0.3, 0.4) is 0 Å². The van der Waals surface area contributed by atoms with E-state index in [1.165, 1.54) is 30.6 Å². The molecule has 0 aliphatic carbocycles. The highest BCUT2D eigenvalue weighted by Crippen LogP contribution is 2.20. The smallest absolute Gasteiger partial charge is 0.264 e. The summed E-state index contributed by atoms with van der Waals surface area (Å²) in [4.78, 5) is 31.8. The number of piperazine rings is 1. The van der Waals surface area contributed by atoms with Crippen molar-refractivity contribution in [3.63, 3.8) is 0 Å². The molecule has 26 heavy (non-hydrogen) atoms. The van der Waals surface area contributed by atoms with E-state index in [1.54, 1.807) is 0 Å². The normalized spacial score (nSPS) is 19.7. The van der Waals surface area contributed by atoms with Crippen LogP contribution in [0.15, 0.2) is 17.5 Å². The van der Waals surface area contributed by atoms with E-state index in [0.29, 0.717) is 32.7 Å². The summed E-state index contributed by atoms with van der Waals surface area (Å²) in [5.41, 5.74) is 0. The molecule has 0 saturated carbocycles. The maximum atomic E-state index is 12.6. The second-order valence-electron chi connectivity index (χ2n) is 7.26. The van der Waals surface area contributed by atoms with Gasteiger partial charge >= 0.3 is 0 Å². The van der Waals surface area contributed by atoms with E-state index in [2.05, 4.69) is 10.2 Å². The number of likely N-dealkylation sites (tertiary alicyclic amines) is 1. The first-order valence-electron chi connectivity index (χ1n) is 9.65. The number of piperidine rings is 1. The van der Waals surface area contributed by atoms with Crippen molar-refractivity contribution in [3.8, 4) is 0 Å². The Kier molecular flexibility index (Phi) is 7.05. The molecule has 6 nitrogen and oxygen atoms in total. The maximum absolute atomic E-state index is 12.6. The van der Waals surface area contributed by atoms with Gasteiger partial charge in [0.15, 0.2) is 0 Å². The largest absolute Gasteiger partial charge is 0.338 e. The maximum Gasteiger partial charge on any atom is 0.264 e. The molecular formula is C19H30N4O2S.